The van der Waals surface area contributed by atoms with E-state index in [9.17, 15) is 18.0 Å². The van der Waals surface area contributed by atoms with Crippen molar-refractivity contribution in [1.82, 2.24) is 10.6 Å². The van der Waals surface area contributed by atoms with E-state index in [-0.39, 0.29) is 24.1 Å². The fourth-order valence-electron chi connectivity index (χ4n) is 2.68. The maximum atomic E-state index is 12.3. The summed E-state index contributed by atoms with van der Waals surface area (Å²) in [6.45, 7) is 1.84. The molecule has 24 heavy (non-hydrogen) atoms. The summed E-state index contributed by atoms with van der Waals surface area (Å²) in [6.07, 6.45) is -1.83. The van der Waals surface area contributed by atoms with Crippen LogP contribution in [0.3, 0.4) is 0 Å². The van der Waals surface area contributed by atoms with Crippen LogP contribution in [0.2, 0.25) is 0 Å². The molecule has 1 aromatic rings. The number of halogens is 4. The van der Waals surface area contributed by atoms with Gasteiger partial charge in [-0.1, -0.05) is 19.1 Å². The topological polar surface area (TPSA) is 50.4 Å². The Morgan fingerprint density at radius 1 is 1.33 bits per heavy atom. The van der Waals surface area contributed by atoms with Crippen molar-refractivity contribution in [2.45, 2.75) is 44.4 Å². The average molecular weight is 367 g/mol. The Labute approximate surface area is 145 Å². The average Bonchev–Trinajstić information content (AvgIpc) is 3.01. The Balaban J connectivity index is 0.00000288. The number of benzene rings is 1. The number of carbonyl (C=O) groups excluding carboxylic acids is 1. The van der Waals surface area contributed by atoms with E-state index in [4.69, 9.17) is 0 Å². The highest BCUT2D eigenvalue weighted by Crippen LogP contribution is 2.23. The zero-order chi connectivity index (χ0) is 16.9. The minimum absolute atomic E-state index is 0. The highest BCUT2D eigenvalue weighted by atomic mass is 35.5. The molecule has 0 bridgehead atoms. The summed E-state index contributed by atoms with van der Waals surface area (Å²) in [7, 11) is 0. The van der Waals surface area contributed by atoms with Crippen LogP contribution in [-0.4, -0.2) is 30.8 Å². The Morgan fingerprint density at radius 3 is 2.50 bits per heavy atom. The lowest BCUT2D eigenvalue weighted by Crippen LogP contribution is -2.52. The van der Waals surface area contributed by atoms with Crippen LogP contribution in [0.5, 0.6) is 5.75 Å². The molecular weight excluding hydrogens is 345 g/mol. The van der Waals surface area contributed by atoms with E-state index in [0.717, 1.165) is 31.4 Å². The standard InChI is InChI=1S/C16H21F3N2O2.ClH/c1-2-15(8-3-9-21-15)14(22)20-10-12-4-6-13(7-5-12)23-11-16(17,18)19;/h4-7,21H,2-3,8-11H2,1H3,(H,20,22);1H. The van der Waals surface area contributed by atoms with E-state index in [0.29, 0.717) is 6.54 Å². The van der Waals surface area contributed by atoms with Crippen molar-refractivity contribution in [3.63, 3.8) is 0 Å². The fraction of sp³-hybridized carbons (Fsp3) is 0.562. The molecule has 1 heterocycles. The largest absolute Gasteiger partial charge is 0.484 e. The molecule has 1 aromatic carbocycles. The second-order valence-corrected chi connectivity index (χ2v) is 5.70. The van der Waals surface area contributed by atoms with Gasteiger partial charge < -0.3 is 15.4 Å². The van der Waals surface area contributed by atoms with Crippen LogP contribution in [0, 0.1) is 0 Å². The van der Waals surface area contributed by atoms with Gasteiger partial charge in [-0.2, -0.15) is 13.2 Å². The van der Waals surface area contributed by atoms with Crippen LogP contribution < -0.4 is 15.4 Å². The summed E-state index contributed by atoms with van der Waals surface area (Å²) in [4.78, 5) is 12.3. The first-order valence-corrected chi connectivity index (χ1v) is 7.66. The lowest BCUT2D eigenvalue weighted by molar-refractivity contribution is -0.153. The number of hydrogen-bond donors (Lipinski definition) is 2. The third kappa shape index (κ3) is 5.56. The second kappa shape index (κ2) is 8.58. The molecule has 1 aliphatic heterocycles. The summed E-state index contributed by atoms with van der Waals surface area (Å²) in [6, 6.07) is 6.23. The van der Waals surface area contributed by atoms with Crippen LogP contribution in [0.4, 0.5) is 13.2 Å². The monoisotopic (exact) mass is 366 g/mol. The van der Waals surface area contributed by atoms with Gasteiger partial charge >= 0.3 is 6.18 Å². The number of amides is 1. The minimum Gasteiger partial charge on any atom is -0.484 e. The van der Waals surface area contributed by atoms with Crippen LogP contribution in [0.1, 0.15) is 31.7 Å². The van der Waals surface area contributed by atoms with E-state index < -0.39 is 18.3 Å². The SMILES string of the molecule is CCC1(C(=O)NCc2ccc(OCC(F)(F)F)cc2)CCCN1.Cl. The Kier molecular flexibility index (Phi) is 7.35. The van der Waals surface area contributed by atoms with Crippen molar-refractivity contribution in [2.75, 3.05) is 13.2 Å². The second-order valence-electron chi connectivity index (χ2n) is 5.70. The van der Waals surface area contributed by atoms with Gasteiger partial charge in [-0.05, 0) is 43.5 Å². The molecule has 0 saturated carbocycles. The zero-order valence-corrected chi connectivity index (χ0v) is 14.2. The molecule has 1 aliphatic rings. The predicted molar refractivity (Wildman–Crippen MR) is 87.3 cm³/mol. The van der Waals surface area contributed by atoms with E-state index in [1.54, 1.807) is 12.1 Å². The van der Waals surface area contributed by atoms with Crippen molar-refractivity contribution in [3.8, 4) is 5.75 Å². The summed E-state index contributed by atoms with van der Waals surface area (Å²) in [5, 5.41) is 6.14. The summed E-state index contributed by atoms with van der Waals surface area (Å²) in [5.41, 5.74) is 0.317. The number of nitrogens with one attached hydrogen (secondary N) is 2. The van der Waals surface area contributed by atoms with Gasteiger partial charge in [0.1, 0.15) is 5.75 Å². The molecule has 1 saturated heterocycles. The third-order valence-electron chi connectivity index (χ3n) is 4.06. The maximum absolute atomic E-state index is 12.3. The number of alkyl halides is 3. The van der Waals surface area contributed by atoms with Gasteiger partial charge in [-0.25, -0.2) is 0 Å². The molecule has 1 fully saturated rings. The molecule has 0 spiro atoms. The molecule has 4 nitrogen and oxygen atoms in total. The lowest BCUT2D eigenvalue weighted by Gasteiger charge is -2.26. The van der Waals surface area contributed by atoms with Crippen molar-refractivity contribution >= 4 is 18.3 Å². The quantitative estimate of drug-likeness (QED) is 0.813. The first kappa shape index (κ1) is 20.6. The first-order chi connectivity index (χ1) is 10.8. The minimum atomic E-state index is -4.35. The summed E-state index contributed by atoms with van der Waals surface area (Å²) < 4.78 is 40.9. The van der Waals surface area contributed by atoms with Gasteiger partial charge in [-0.15, -0.1) is 12.4 Å². The molecule has 0 radical (unpaired) electrons. The maximum Gasteiger partial charge on any atom is 0.422 e. The lowest BCUT2D eigenvalue weighted by atomic mass is 9.93. The number of hydrogen-bond acceptors (Lipinski definition) is 3. The molecular formula is C16H22ClF3N2O2. The van der Waals surface area contributed by atoms with Crippen molar-refractivity contribution in [1.29, 1.82) is 0 Å². The van der Waals surface area contributed by atoms with Crippen LogP contribution >= 0.6 is 12.4 Å². The van der Waals surface area contributed by atoms with Crippen molar-refractivity contribution in [2.24, 2.45) is 0 Å². The van der Waals surface area contributed by atoms with Crippen LogP contribution in [0.15, 0.2) is 24.3 Å². The molecule has 2 rings (SSSR count). The fourth-order valence-corrected chi connectivity index (χ4v) is 2.68. The van der Waals surface area contributed by atoms with E-state index in [1.165, 1.54) is 12.1 Å². The van der Waals surface area contributed by atoms with Gasteiger partial charge in [0.25, 0.3) is 0 Å². The van der Waals surface area contributed by atoms with E-state index in [1.807, 2.05) is 6.92 Å². The molecule has 1 amide bonds. The number of ether oxygens (including phenoxy) is 1. The zero-order valence-electron chi connectivity index (χ0n) is 13.4. The van der Waals surface area contributed by atoms with Gasteiger partial charge in [0.05, 0.1) is 5.54 Å². The number of carbonyl (C=O) groups is 1. The highest BCUT2D eigenvalue weighted by Gasteiger charge is 2.38. The van der Waals surface area contributed by atoms with Crippen molar-refractivity contribution < 1.29 is 22.7 Å². The molecule has 1 unspecified atom stereocenters. The Hall–Kier alpha value is -1.47. The molecule has 2 N–H and O–H groups in total. The van der Waals surface area contributed by atoms with Gasteiger partial charge in [0.15, 0.2) is 6.61 Å². The third-order valence-corrected chi connectivity index (χ3v) is 4.06. The molecule has 0 aliphatic carbocycles. The molecule has 136 valence electrons. The predicted octanol–water partition coefficient (Wildman–Crippen LogP) is 3.20. The van der Waals surface area contributed by atoms with E-state index in [2.05, 4.69) is 15.4 Å². The highest BCUT2D eigenvalue weighted by molar-refractivity contribution is 5.86. The summed E-state index contributed by atoms with van der Waals surface area (Å²) >= 11 is 0. The Bertz CT molecular complexity index is 529. The van der Waals surface area contributed by atoms with Crippen LogP contribution in [0.25, 0.3) is 0 Å². The van der Waals surface area contributed by atoms with Crippen LogP contribution in [-0.2, 0) is 11.3 Å². The van der Waals surface area contributed by atoms with E-state index >= 15 is 0 Å². The molecule has 8 heteroatoms. The van der Waals surface area contributed by atoms with Crippen molar-refractivity contribution in [3.05, 3.63) is 29.8 Å². The number of rotatable bonds is 6. The van der Waals surface area contributed by atoms with Gasteiger partial charge in [0.2, 0.25) is 5.91 Å². The Morgan fingerprint density at radius 2 is 2.00 bits per heavy atom. The summed E-state index contributed by atoms with van der Waals surface area (Å²) in [5.74, 6) is 0.120. The molecule has 0 aromatic heterocycles. The molecule has 1 atom stereocenters. The van der Waals surface area contributed by atoms with Gasteiger partial charge in [0, 0.05) is 6.54 Å². The smallest absolute Gasteiger partial charge is 0.422 e. The van der Waals surface area contributed by atoms with Gasteiger partial charge in [-0.3, -0.25) is 4.79 Å². The normalized spacial score (nSPS) is 20.3. The first-order valence-electron chi connectivity index (χ1n) is 7.66.